The summed E-state index contributed by atoms with van der Waals surface area (Å²) in [5.74, 6) is 1.66. The number of hydrogen-bond acceptors (Lipinski definition) is 2. The third kappa shape index (κ3) is 4.75. The zero-order valence-corrected chi connectivity index (χ0v) is 20.7. The zero-order valence-electron chi connectivity index (χ0n) is 19.7. The molecule has 0 aromatic carbocycles. The van der Waals surface area contributed by atoms with E-state index in [0.717, 1.165) is 6.42 Å². The molecule has 0 aromatic heterocycles. The first-order valence-electron chi connectivity index (χ1n) is 10.9. The van der Waals surface area contributed by atoms with Gasteiger partial charge in [0.15, 0.2) is 8.32 Å². The molecule has 0 radical (unpaired) electrons. The third-order valence-corrected chi connectivity index (χ3v) is 13.2. The van der Waals surface area contributed by atoms with Gasteiger partial charge in [-0.2, -0.15) is 0 Å². The highest BCUT2D eigenvalue weighted by Crippen LogP contribution is 2.60. The minimum absolute atomic E-state index is 0.203. The first kappa shape index (κ1) is 24.2. The summed E-state index contributed by atoms with van der Waals surface area (Å²) in [6.45, 7) is 26.3. The van der Waals surface area contributed by atoms with Crippen LogP contribution >= 0.6 is 0 Å². The summed E-state index contributed by atoms with van der Waals surface area (Å²) in [4.78, 5) is 0. The molecule has 0 heterocycles. The summed E-state index contributed by atoms with van der Waals surface area (Å²) >= 11 is 0. The van der Waals surface area contributed by atoms with Crippen LogP contribution in [0, 0.1) is 28.6 Å². The van der Waals surface area contributed by atoms with Gasteiger partial charge in [-0.3, -0.25) is 0 Å². The van der Waals surface area contributed by atoms with Crippen LogP contribution in [0.25, 0.3) is 0 Å². The Morgan fingerprint density at radius 1 is 1.08 bits per heavy atom. The largest absolute Gasteiger partial charge is 0.414 e. The molecule has 4 atom stereocenters. The fourth-order valence-corrected chi connectivity index (χ4v) is 6.14. The van der Waals surface area contributed by atoms with Gasteiger partial charge in [-0.05, 0) is 72.4 Å². The van der Waals surface area contributed by atoms with E-state index in [1.165, 1.54) is 19.3 Å². The zero-order chi connectivity index (χ0) is 20.6. The standard InChI is InChI=1S/C23H48O2Si/c1-17(2)20(25-26(10,11)21(4,5)6)13-12-18(3)23(9)15-14-19(16-24)22(23,7)8/h17-20,24H,12-16H2,1-11H3/t18-,19-,20-,23+/m0/s1. The summed E-state index contributed by atoms with van der Waals surface area (Å²) in [6.07, 6.45) is 5.14. The third-order valence-electron chi connectivity index (χ3n) is 8.69. The van der Waals surface area contributed by atoms with Gasteiger partial charge in [0.05, 0.1) is 0 Å². The molecule has 3 heteroatoms. The van der Waals surface area contributed by atoms with Crippen LogP contribution in [0.1, 0.15) is 88.0 Å². The van der Waals surface area contributed by atoms with Gasteiger partial charge in [-0.25, -0.2) is 0 Å². The molecule has 0 amide bonds. The van der Waals surface area contributed by atoms with E-state index >= 15 is 0 Å². The van der Waals surface area contributed by atoms with Crippen LogP contribution in [0.5, 0.6) is 0 Å². The first-order valence-corrected chi connectivity index (χ1v) is 13.8. The van der Waals surface area contributed by atoms with E-state index in [9.17, 15) is 5.11 Å². The molecule has 0 aromatic rings. The van der Waals surface area contributed by atoms with Crippen LogP contribution in [-0.2, 0) is 4.43 Å². The molecule has 26 heavy (non-hydrogen) atoms. The van der Waals surface area contributed by atoms with Gasteiger partial charge in [-0.15, -0.1) is 0 Å². The van der Waals surface area contributed by atoms with E-state index in [0.29, 0.717) is 35.9 Å². The molecule has 0 bridgehead atoms. The average molecular weight is 385 g/mol. The predicted molar refractivity (Wildman–Crippen MR) is 117 cm³/mol. The molecule has 1 N–H and O–H groups in total. The Hall–Kier alpha value is 0.137. The van der Waals surface area contributed by atoms with Crippen molar-refractivity contribution < 1.29 is 9.53 Å². The van der Waals surface area contributed by atoms with Crippen LogP contribution in [0.15, 0.2) is 0 Å². The van der Waals surface area contributed by atoms with Crippen LogP contribution in [0.4, 0.5) is 0 Å². The molecule has 1 saturated carbocycles. The Morgan fingerprint density at radius 2 is 1.62 bits per heavy atom. The van der Waals surface area contributed by atoms with E-state index in [2.05, 4.69) is 75.4 Å². The van der Waals surface area contributed by atoms with Crippen molar-refractivity contribution in [1.82, 2.24) is 0 Å². The first-order chi connectivity index (χ1) is 11.6. The maximum absolute atomic E-state index is 9.79. The highest BCUT2D eigenvalue weighted by molar-refractivity contribution is 6.74. The van der Waals surface area contributed by atoms with Gasteiger partial charge in [0.25, 0.3) is 0 Å². The number of hydrogen-bond donors (Lipinski definition) is 1. The fourth-order valence-electron chi connectivity index (χ4n) is 4.64. The number of rotatable bonds is 8. The molecule has 1 rings (SSSR count). The second-order valence-electron chi connectivity index (χ2n) is 11.7. The smallest absolute Gasteiger partial charge is 0.192 e. The number of aliphatic hydroxyl groups is 1. The van der Waals surface area contributed by atoms with Crippen molar-refractivity contribution in [3.8, 4) is 0 Å². The molecule has 1 fully saturated rings. The van der Waals surface area contributed by atoms with Gasteiger partial charge in [0.2, 0.25) is 0 Å². The summed E-state index contributed by atoms with van der Waals surface area (Å²) in [5, 5.41) is 10.1. The summed E-state index contributed by atoms with van der Waals surface area (Å²) in [5.41, 5.74) is 0.508. The van der Waals surface area contributed by atoms with Gasteiger partial charge in [-0.1, -0.05) is 62.3 Å². The molecule has 1 aliphatic rings. The highest BCUT2D eigenvalue weighted by atomic mass is 28.4. The van der Waals surface area contributed by atoms with Gasteiger partial charge >= 0.3 is 0 Å². The van der Waals surface area contributed by atoms with Crippen LogP contribution in [-0.4, -0.2) is 26.1 Å². The van der Waals surface area contributed by atoms with Crippen molar-refractivity contribution >= 4 is 8.32 Å². The lowest BCUT2D eigenvalue weighted by Crippen LogP contribution is -2.45. The Kier molecular flexibility index (Phi) is 7.67. The maximum atomic E-state index is 9.79. The maximum Gasteiger partial charge on any atom is 0.192 e. The molecule has 0 saturated heterocycles. The number of aliphatic hydroxyl groups excluding tert-OH is 1. The Labute approximate surface area is 165 Å². The van der Waals surface area contributed by atoms with E-state index in [-0.39, 0.29) is 10.5 Å². The molecule has 0 aliphatic heterocycles. The quantitative estimate of drug-likeness (QED) is 0.462. The molecule has 0 spiro atoms. The highest BCUT2D eigenvalue weighted by Gasteiger charge is 2.53. The lowest BCUT2D eigenvalue weighted by molar-refractivity contribution is 0.00489. The Bertz CT molecular complexity index is 450. The van der Waals surface area contributed by atoms with Crippen molar-refractivity contribution in [3.05, 3.63) is 0 Å². The Balaban J connectivity index is 2.81. The topological polar surface area (TPSA) is 29.5 Å². The van der Waals surface area contributed by atoms with E-state index in [4.69, 9.17) is 4.43 Å². The van der Waals surface area contributed by atoms with Crippen LogP contribution < -0.4 is 0 Å². The van der Waals surface area contributed by atoms with Crippen molar-refractivity contribution in [2.75, 3.05) is 6.61 Å². The molecule has 2 nitrogen and oxygen atoms in total. The Morgan fingerprint density at radius 3 is 2.00 bits per heavy atom. The molecular weight excluding hydrogens is 336 g/mol. The monoisotopic (exact) mass is 384 g/mol. The second kappa shape index (κ2) is 8.25. The van der Waals surface area contributed by atoms with Crippen molar-refractivity contribution in [2.24, 2.45) is 28.6 Å². The van der Waals surface area contributed by atoms with Gasteiger partial charge in [0, 0.05) is 12.7 Å². The normalized spacial score (nSPS) is 29.2. The average Bonchev–Trinajstić information content (AvgIpc) is 2.72. The molecule has 156 valence electrons. The molecule has 0 unspecified atom stereocenters. The lowest BCUT2D eigenvalue weighted by Gasteiger charge is -2.47. The van der Waals surface area contributed by atoms with Crippen LogP contribution in [0.3, 0.4) is 0 Å². The summed E-state index contributed by atoms with van der Waals surface area (Å²) < 4.78 is 6.80. The summed E-state index contributed by atoms with van der Waals surface area (Å²) in [6, 6.07) is 0. The molecule has 1 aliphatic carbocycles. The predicted octanol–water partition coefficient (Wildman–Crippen LogP) is 6.88. The fraction of sp³-hybridized carbons (Fsp3) is 1.00. The van der Waals surface area contributed by atoms with E-state index in [1.807, 2.05) is 0 Å². The van der Waals surface area contributed by atoms with E-state index in [1.54, 1.807) is 0 Å². The van der Waals surface area contributed by atoms with Gasteiger partial charge in [0.1, 0.15) is 0 Å². The van der Waals surface area contributed by atoms with Crippen molar-refractivity contribution in [2.45, 2.75) is 112 Å². The minimum atomic E-state index is -1.73. The van der Waals surface area contributed by atoms with Crippen molar-refractivity contribution in [1.29, 1.82) is 0 Å². The second-order valence-corrected chi connectivity index (χ2v) is 16.5. The molecular formula is C23H48O2Si. The SMILES string of the molecule is CC(C)[C@H](CC[C@H](C)[C@@]1(C)CC[C@@H](CO)C1(C)C)O[Si](C)(C)C(C)(C)C. The minimum Gasteiger partial charge on any atom is -0.414 e. The summed E-state index contributed by atoms with van der Waals surface area (Å²) in [7, 11) is -1.73. The van der Waals surface area contributed by atoms with Crippen LogP contribution in [0.2, 0.25) is 18.1 Å². The van der Waals surface area contributed by atoms with Crippen molar-refractivity contribution in [3.63, 3.8) is 0 Å². The van der Waals surface area contributed by atoms with Gasteiger partial charge < -0.3 is 9.53 Å². The van der Waals surface area contributed by atoms with E-state index < -0.39 is 8.32 Å². The lowest BCUT2D eigenvalue weighted by atomic mass is 9.59.